The van der Waals surface area contributed by atoms with Crippen LogP contribution in [0.4, 0.5) is 0 Å². The summed E-state index contributed by atoms with van der Waals surface area (Å²) >= 11 is 6.37. The van der Waals surface area contributed by atoms with E-state index in [0.29, 0.717) is 11.4 Å². The third-order valence-electron chi connectivity index (χ3n) is 4.76. The second kappa shape index (κ2) is 7.61. The molecule has 4 nitrogen and oxygen atoms in total. The second-order valence-corrected chi connectivity index (χ2v) is 6.14. The Balaban J connectivity index is 3.05. The van der Waals surface area contributed by atoms with Crippen LogP contribution in [-0.4, -0.2) is 44.5 Å². The minimum absolute atomic E-state index is 0.246. The van der Waals surface area contributed by atoms with Crippen LogP contribution in [0.25, 0.3) is 0 Å². The molecule has 122 valence electrons. The van der Waals surface area contributed by atoms with Crippen molar-refractivity contribution in [2.75, 3.05) is 13.1 Å². The van der Waals surface area contributed by atoms with Crippen LogP contribution < -0.4 is 0 Å². The second-order valence-electron chi connectivity index (χ2n) is 5.76. The van der Waals surface area contributed by atoms with E-state index >= 15 is 0 Å². The van der Waals surface area contributed by atoms with Gasteiger partial charge in [0.25, 0.3) is 0 Å². The third kappa shape index (κ3) is 3.61. The van der Waals surface area contributed by atoms with Crippen LogP contribution in [0.1, 0.15) is 52.4 Å². The van der Waals surface area contributed by atoms with Gasteiger partial charge in [0.1, 0.15) is 0 Å². The number of halogens is 1. The first kappa shape index (κ1) is 18.5. The molecule has 0 fully saturated rings. The monoisotopic (exact) mass is 315 g/mol. The molecule has 1 aromatic heterocycles. The van der Waals surface area contributed by atoms with Crippen molar-refractivity contribution >= 4 is 11.6 Å². The molecule has 0 aliphatic rings. The molecule has 0 bridgehead atoms. The maximum atomic E-state index is 10.9. The number of aromatic nitrogens is 2. The Hall–Kier alpha value is -0.580. The summed E-state index contributed by atoms with van der Waals surface area (Å²) in [6, 6.07) is 0. The molecule has 2 atom stereocenters. The number of aryl methyl sites for hydroxylation is 2. The summed E-state index contributed by atoms with van der Waals surface area (Å²) in [5.41, 5.74) is 1.53. The SMILES string of the molecule is CCN(CC)C(C)(CC)C(O)Cc1c(Cl)c(C)nn1CC. The molecule has 0 saturated carbocycles. The van der Waals surface area contributed by atoms with E-state index in [9.17, 15) is 5.11 Å². The molecule has 1 rings (SSSR count). The Morgan fingerprint density at radius 1 is 1.29 bits per heavy atom. The highest BCUT2D eigenvalue weighted by atomic mass is 35.5. The van der Waals surface area contributed by atoms with E-state index in [0.717, 1.165) is 37.4 Å². The van der Waals surface area contributed by atoms with Gasteiger partial charge in [0.05, 0.1) is 22.5 Å². The van der Waals surface area contributed by atoms with E-state index in [-0.39, 0.29) is 5.54 Å². The molecular formula is C16H30ClN3O. The zero-order chi connectivity index (χ0) is 16.2. The highest BCUT2D eigenvalue weighted by Gasteiger charge is 2.36. The first-order valence-electron chi connectivity index (χ1n) is 8.00. The fourth-order valence-electron chi connectivity index (χ4n) is 3.08. The van der Waals surface area contributed by atoms with Crippen LogP contribution in [0.5, 0.6) is 0 Å². The van der Waals surface area contributed by atoms with E-state index in [4.69, 9.17) is 11.6 Å². The van der Waals surface area contributed by atoms with E-state index in [1.165, 1.54) is 0 Å². The Labute approximate surface area is 134 Å². The van der Waals surface area contributed by atoms with Crippen LogP contribution in [0, 0.1) is 6.92 Å². The quantitative estimate of drug-likeness (QED) is 0.800. The van der Waals surface area contributed by atoms with Gasteiger partial charge in [-0.25, -0.2) is 0 Å². The van der Waals surface area contributed by atoms with Gasteiger partial charge >= 0.3 is 0 Å². The molecule has 1 N–H and O–H groups in total. The first-order chi connectivity index (χ1) is 9.85. The minimum Gasteiger partial charge on any atom is -0.391 e. The van der Waals surface area contributed by atoms with Crippen molar-refractivity contribution in [3.8, 4) is 0 Å². The first-order valence-corrected chi connectivity index (χ1v) is 8.38. The Morgan fingerprint density at radius 3 is 2.29 bits per heavy atom. The molecule has 1 heterocycles. The smallest absolute Gasteiger partial charge is 0.0848 e. The van der Waals surface area contributed by atoms with Crippen molar-refractivity contribution in [3.05, 3.63) is 16.4 Å². The summed E-state index contributed by atoms with van der Waals surface area (Å²) in [7, 11) is 0. The van der Waals surface area contributed by atoms with Gasteiger partial charge in [0.2, 0.25) is 0 Å². The van der Waals surface area contributed by atoms with Gasteiger partial charge in [0, 0.05) is 18.5 Å². The van der Waals surface area contributed by atoms with Crippen LogP contribution in [0.3, 0.4) is 0 Å². The van der Waals surface area contributed by atoms with Gasteiger partial charge < -0.3 is 5.11 Å². The van der Waals surface area contributed by atoms with E-state index < -0.39 is 6.10 Å². The molecule has 2 unspecified atom stereocenters. The number of aliphatic hydroxyl groups excluding tert-OH is 1. The molecule has 21 heavy (non-hydrogen) atoms. The molecule has 0 amide bonds. The molecule has 0 aromatic carbocycles. The number of hydrogen-bond acceptors (Lipinski definition) is 3. The summed E-state index contributed by atoms with van der Waals surface area (Å²) in [6.07, 6.45) is 0.961. The fourth-order valence-corrected chi connectivity index (χ4v) is 3.30. The Morgan fingerprint density at radius 2 is 1.86 bits per heavy atom. The van der Waals surface area contributed by atoms with Gasteiger partial charge in [-0.3, -0.25) is 9.58 Å². The van der Waals surface area contributed by atoms with Gasteiger partial charge in [-0.05, 0) is 40.3 Å². The van der Waals surface area contributed by atoms with Crippen molar-refractivity contribution < 1.29 is 5.11 Å². The van der Waals surface area contributed by atoms with E-state index in [2.05, 4.69) is 37.7 Å². The molecule has 0 radical (unpaired) electrons. The fraction of sp³-hybridized carbons (Fsp3) is 0.812. The topological polar surface area (TPSA) is 41.3 Å². The third-order valence-corrected chi connectivity index (χ3v) is 5.25. The average Bonchev–Trinajstić information content (AvgIpc) is 2.75. The Kier molecular flexibility index (Phi) is 6.70. The average molecular weight is 316 g/mol. The predicted octanol–water partition coefficient (Wildman–Crippen LogP) is 3.28. The molecule has 0 spiro atoms. The number of rotatable bonds is 8. The van der Waals surface area contributed by atoms with Gasteiger partial charge in [-0.2, -0.15) is 5.10 Å². The summed E-state index contributed by atoms with van der Waals surface area (Å²) in [5.74, 6) is 0. The van der Waals surface area contributed by atoms with E-state index in [1.54, 1.807) is 0 Å². The summed E-state index contributed by atoms with van der Waals surface area (Å²) in [5, 5.41) is 16.0. The van der Waals surface area contributed by atoms with Crippen LogP contribution in [0.2, 0.25) is 5.02 Å². The maximum absolute atomic E-state index is 10.9. The molecule has 0 saturated heterocycles. The molecule has 0 aliphatic carbocycles. The zero-order valence-electron chi connectivity index (χ0n) is 14.3. The minimum atomic E-state index is -0.471. The normalized spacial score (nSPS) is 16.2. The van der Waals surface area contributed by atoms with Gasteiger partial charge in [-0.15, -0.1) is 0 Å². The largest absolute Gasteiger partial charge is 0.391 e. The lowest BCUT2D eigenvalue weighted by atomic mass is 9.86. The van der Waals surface area contributed by atoms with Gasteiger partial charge in [-0.1, -0.05) is 32.4 Å². The van der Waals surface area contributed by atoms with Crippen molar-refractivity contribution in [1.29, 1.82) is 0 Å². The summed E-state index contributed by atoms with van der Waals surface area (Å²) < 4.78 is 1.90. The lowest BCUT2D eigenvalue weighted by Gasteiger charge is -2.43. The molecule has 0 aliphatic heterocycles. The van der Waals surface area contributed by atoms with Gasteiger partial charge in [0.15, 0.2) is 0 Å². The van der Waals surface area contributed by atoms with Crippen molar-refractivity contribution in [2.45, 2.75) is 72.6 Å². The summed E-state index contributed by atoms with van der Waals surface area (Å²) in [6.45, 7) is 15.1. The van der Waals surface area contributed by atoms with Crippen molar-refractivity contribution in [2.24, 2.45) is 0 Å². The Bertz CT molecular complexity index is 457. The predicted molar refractivity (Wildman–Crippen MR) is 89.0 cm³/mol. The number of nitrogens with zero attached hydrogens (tertiary/aromatic N) is 3. The van der Waals surface area contributed by atoms with Crippen LogP contribution in [-0.2, 0) is 13.0 Å². The highest BCUT2D eigenvalue weighted by molar-refractivity contribution is 6.31. The number of aliphatic hydroxyl groups is 1. The lowest BCUT2D eigenvalue weighted by Crippen LogP contribution is -2.55. The van der Waals surface area contributed by atoms with Crippen molar-refractivity contribution in [1.82, 2.24) is 14.7 Å². The van der Waals surface area contributed by atoms with Crippen LogP contribution in [0.15, 0.2) is 0 Å². The lowest BCUT2D eigenvalue weighted by molar-refractivity contribution is -0.0199. The summed E-state index contributed by atoms with van der Waals surface area (Å²) in [4.78, 5) is 2.32. The maximum Gasteiger partial charge on any atom is 0.0848 e. The zero-order valence-corrected chi connectivity index (χ0v) is 15.0. The standard InChI is InChI=1S/C16H30ClN3O/c1-7-16(6,19(8-2)9-3)14(21)11-13-15(17)12(5)18-20(13)10-4/h14,21H,7-11H2,1-6H3. The van der Waals surface area contributed by atoms with Crippen LogP contribution >= 0.6 is 11.6 Å². The van der Waals surface area contributed by atoms with E-state index in [1.807, 2.05) is 18.5 Å². The van der Waals surface area contributed by atoms with Crippen molar-refractivity contribution in [3.63, 3.8) is 0 Å². The molecule has 5 heteroatoms. The molecular weight excluding hydrogens is 286 g/mol. The number of likely N-dealkylation sites (N-methyl/N-ethyl adjacent to an activating group) is 1. The number of hydrogen-bond donors (Lipinski definition) is 1. The molecule has 1 aromatic rings. The highest BCUT2D eigenvalue weighted by Crippen LogP contribution is 2.29.